The van der Waals surface area contributed by atoms with Gasteiger partial charge in [0.1, 0.15) is 0 Å². The smallest absolute Gasteiger partial charge is 0.328 e. The summed E-state index contributed by atoms with van der Waals surface area (Å²) in [5.41, 5.74) is 1.03. The van der Waals surface area contributed by atoms with Gasteiger partial charge in [0.05, 0.1) is 0 Å². The average molecular weight is 236 g/mol. The SMILES string of the molecule is O=C(O)/C=C(/c1cccs1)C1CCCCC1. The van der Waals surface area contributed by atoms with E-state index in [0.717, 1.165) is 23.3 Å². The highest BCUT2D eigenvalue weighted by atomic mass is 32.1. The van der Waals surface area contributed by atoms with Crippen molar-refractivity contribution in [1.82, 2.24) is 0 Å². The molecule has 16 heavy (non-hydrogen) atoms. The molecule has 1 saturated carbocycles. The molecule has 1 fully saturated rings. The van der Waals surface area contributed by atoms with Crippen LogP contribution < -0.4 is 0 Å². The Kier molecular flexibility index (Phi) is 3.78. The molecular weight excluding hydrogens is 220 g/mol. The van der Waals surface area contributed by atoms with Crippen molar-refractivity contribution >= 4 is 22.9 Å². The fraction of sp³-hybridized carbons (Fsp3) is 0.462. The van der Waals surface area contributed by atoms with Gasteiger partial charge in [-0.3, -0.25) is 0 Å². The maximum atomic E-state index is 10.9. The summed E-state index contributed by atoms with van der Waals surface area (Å²) in [5, 5.41) is 10.9. The Hall–Kier alpha value is -1.09. The van der Waals surface area contributed by atoms with Crippen LogP contribution in [0.25, 0.3) is 5.57 Å². The van der Waals surface area contributed by atoms with Crippen LogP contribution >= 0.6 is 11.3 Å². The van der Waals surface area contributed by atoms with Crippen LogP contribution in [0.1, 0.15) is 37.0 Å². The molecule has 1 N–H and O–H groups in total. The molecule has 0 radical (unpaired) electrons. The number of carboxylic acids is 1. The Balaban J connectivity index is 2.24. The second kappa shape index (κ2) is 5.30. The van der Waals surface area contributed by atoms with Crippen molar-refractivity contribution < 1.29 is 9.90 Å². The molecule has 0 saturated heterocycles. The van der Waals surface area contributed by atoms with Gasteiger partial charge in [-0.15, -0.1) is 11.3 Å². The lowest BCUT2D eigenvalue weighted by Crippen LogP contribution is -2.09. The number of aliphatic carboxylic acids is 1. The van der Waals surface area contributed by atoms with Gasteiger partial charge in [-0.25, -0.2) is 4.79 Å². The first-order valence-corrected chi connectivity index (χ1v) is 6.64. The minimum atomic E-state index is -0.825. The van der Waals surface area contributed by atoms with Gasteiger partial charge in [-0.2, -0.15) is 0 Å². The summed E-state index contributed by atoms with van der Waals surface area (Å²) < 4.78 is 0. The fourth-order valence-electron chi connectivity index (χ4n) is 2.38. The van der Waals surface area contributed by atoms with E-state index in [-0.39, 0.29) is 0 Å². The molecule has 0 aliphatic heterocycles. The minimum Gasteiger partial charge on any atom is -0.478 e. The van der Waals surface area contributed by atoms with Crippen LogP contribution in [0, 0.1) is 5.92 Å². The summed E-state index contributed by atoms with van der Waals surface area (Å²) in [5.74, 6) is -0.377. The molecule has 1 aliphatic carbocycles. The van der Waals surface area contributed by atoms with E-state index in [0.29, 0.717) is 5.92 Å². The van der Waals surface area contributed by atoms with E-state index in [4.69, 9.17) is 5.11 Å². The van der Waals surface area contributed by atoms with Crippen molar-refractivity contribution in [1.29, 1.82) is 0 Å². The first-order valence-electron chi connectivity index (χ1n) is 5.76. The normalized spacial score (nSPS) is 18.6. The molecule has 2 rings (SSSR count). The van der Waals surface area contributed by atoms with Crippen LogP contribution in [0.15, 0.2) is 23.6 Å². The number of carboxylic acid groups (broad SMARTS) is 1. The Morgan fingerprint density at radius 1 is 1.38 bits per heavy atom. The lowest BCUT2D eigenvalue weighted by atomic mass is 9.83. The third kappa shape index (κ3) is 2.73. The third-order valence-electron chi connectivity index (χ3n) is 3.13. The number of allylic oxidation sites excluding steroid dienone is 1. The second-order valence-electron chi connectivity index (χ2n) is 4.25. The average Bonchev–Trinajstić information content (AvgIpc) is 2.80. The predicted octanol–water partition coefficient (Wildman–Crippen LogP) is 3.80. The van der Waals surface area contributed by atoms with Crippen LogP contribution in [-0.4, -0.2) is 11.1 Å². The van der Waals surface area contributed by atoms with Crippen LogP contribution in [0.4, 0.5) is 0 Å². The van der Waals surface area contributed by atoms with Gasteiger partial charge in [-0.05, 0) is 35.8 Å². The van der Waals surface area contributed by atoms with Crippen molar-refractivity contribution in [3.05, 3.63) is 28.5 Å². The van der Waals surface area contributed by atoms with Crippen molar-refractivity contribution in [3.8, 4) is 0 Å². The van der Waals surface area contributed by atoms with E-state index < -0.39 is 5.97 Å². The van der Waals surface area contributed by atoms with Crippen molar-refractivity contribution in [3.63, 3.8) is 0 Å². The number of thiophene rings is 1. The van der Waals surface area contributed by atoms with Crippen LogP contribution in [0.3, 0.4) is 0 Å². The van der Waals surface area contributed by atoms with Gasteiger partial charge in [-0.1, -0.05) is 25.3 Å². The number of carbonyl (C=O) groups is 1. The predicted molar refractivity (Wildman–Crippen MR) is 66.5 cm³/mol. The molecule has 0 aromatic carbocycles. The molecule has 1 aliphatic rings. The zero-order valence-electron chi connectivity index (χ0n) is 9.19. The summed E-state index contributed by atoms with van der Waals surface area (Å²) >= 11 is 1.64. The molecule has 3 heteroatoms. The number of rotatable bonds is 3. The zero-order chi connectivity index (χ0) is 11.4. The Morgan fingerprint density at radius 2 is 2.12 bits per heavy atom. The Bertz CT molecular complexity index is 373. The Morgan fingerprint density at radius 3 is 2.69 bits per heavy atom. The molecule has 0 spiro atoms. The molecule has 1 aromatic rings. The molecule has 0 atom stereocenters. The molecule has 0 unspecified atom stereocenters. The minimum absolute atomic E-state index is 0.448. The summed E-state index contributed by atoms with van der Waals surface area (Å²) in [6.07, 6.45) is 7.43. The van der Waals surface area contributed by atoms with Crippen molar-refractivity contribution in [2.75, 3.05) is 0 Å². The second-order valence-corrected chi connectivity index (χ2v) is 5.20. The molecule has 0 amide bonds. The summed E-state index contributed by atoms with van der Waals surface area (Å²) in [7, 11) is 0. The number of hydrogen-bond donors (Lipinski definition) is 1. The molecule has 0 bridgehead atoms. The van der Waals surface area contributed by atoms with Crippen molar-refractivity contribution in [2.24, 2.45) is 5.92 Å². The van der Waals surface area contributed by atoms with E-state index in [9.17, 15) is 4.79 Å². The van der Waals surface area contributed by atoms with Crippen LogP contribution in [0.5, 0.6) is 0 Å². The van der Waals surface area contributed by atoms with Gasteiger partial charge in [0.25, 0.3) is 0 Å². The van der Waals surface area contributed by atoms with E-state index in [1.54, 1.807) is 11.3 Å². The van der Waals surface area contributed by atoms with Crippen LogP contribution in [-0.2, 0) is 4.79 Å². The molecule has 1 heterocycles. The maximum absolute atomic E-state index is 10.9. The third-order valence-corrected chi connectivity index (χ3v) is 4.05. The summed E-state index contributed by atoms with van der Waals surface area (Å²) in [4.78, 5) is 12.0. The fourth-order valence-corrected chi connectivity index (χ4v) is 3.20. The van der Waals surface area contributed by atoms with E-state index in [1.807, 2.05) is 17.5 Å². The highest BCUT2D eigenvalue weighted by molar-refractivity contribution is 7.11. The lowest BCUT2D eigenvalue weighted by Gasteiger charge is -2.23. The Labute approximate surface area is 99.6 Å². The monoisotopic (exact) mass is 236 g/mol. The highest BCUT2D eigenvalue weighted by Gasteiger charge is 2.20. The van der Waals surface area contributed by atoms with E-state index in [2.05, 4.69) is 0 Å². The summed E-state index contributed by atoms with van der Waals surface area (Å²) in [6, 6.07) is 4.01. The van der Waals surface area contributed by atoms with Crippen LogP contribution in [0.2, 0.25) is 0 Å². The summed E-state index contributed by atoms with van der Waals surface area (Å²) in [6.45, 7) is 0. The largest absolute Gasteiger partial charge is 0.478 e. The molecule has 86 valence electrons. The van der Waals surface area contributed by atoms with E-state index in [1.165, 1.54) is 25.3 Å². The molecule has 2 nitrogen and oxygen atoms in total. The highest BCUT2D eigenvalue weighted by Crippen LogP contribution is 2.36. The van der Waals surface area contributed by atoms with Gasteiger partial charge in [0.15, 0.2) is 0 Å². The topological polar surface area (TPSA) is 37.3 Å². The van der Waals surface area contributed by atoms with Gasteiger partial charge >= 0.3 is 5.97 Å². The quantitative estimate of drug-likeness (QED) is 0.810. The van der Waals surface area contributed by atoms with Crippen molar-refractivity contribution in [2.45, 2.75) is 32.1 Å². The first kappa shape index (κ1) is 11.4. The van der Waals surface area contributed by atoms with Gasteiger partial charge < -0.3 is 5.11 Å². The van der Waals surface area contributed by atoms with E-state index >= 15 is 0 Å². The van der Waals surface area contributed by atoms with Gasteiger partial charge in [0.2, 0.25) is 0 Å². The number of hydrogen-bond acceptors (Lipinski definition) is 2. The molecule has 1 aromatic heterocycles. The first-order chi connectivity index (χ1) is 7.77. The zero-order valence-corrected chi connectivity index (χ0v) is 10.0. The lowest BCUT2D eigenvalue weighted by molar-refractivity contribution is -0.131. The van der Waals surface area contributed by atoms with Gasteiger partial charge in [0, 0.05) is 11.0 Å². The standard InChI is InChI=1S/C13H16O2S/c14-13(15)9-11(12-7-4-8-16-12)10-5-2-1-3-6-10/h4,7-10H,1-3,5-6H2,(H,14,15)/b11-9+. The molecular formula is C13H16O2S. The maximum Gasteiger partial charge on any atom is 0.328 e.